The van der Waals surface area contributed by atoms with Gasteiger partial charge in [-0.05, 0) is 59.2 Å². The van der Waals surface area contributed by atoms with E-state index in [1.54, 1.807) is 30.5 Å². The fourth-order valence-corrected chi connectivity index (χ4v) is 5.24. The molecule has 0 fully saturated rings. The summed E-state index contributed by atoms with van der Waals surface area (Å²) in [6.45, 7) is 1.87. The van der Waals surface area contributed by atoms with Crippen LogP contribution < -0.4 is 10.1 Å². The summed E-state index contributed by atoms with van der Waals surface area (Å²) in [5, 5.41) is 4.64. The Hall–Kier alpha value is -3.24. The Bertz CT molecular complexity index is 1600. The predicted molar refractivity (Wildman–Crippen MR) is 150 cm³/mol. The lowest BCUT2D eigenvalue weighted by Crippen LogP contribution is -2.34. The van der Waals surface area contributed by atoms with Crippen LogP contribution in [-0.4, -0.2) is 39.9 Å². The molecule has 40 heavy (non-hydrogen) atoms. The van der Waals surface area contributed by atoms with Crippen LogP contribution in [0.5, 0.6) is 5.75 Å². The molecule has 1 N–H and O–H groups in total. The number of carbonyl (C=O) groups excluding carboxylic acids is 1. The molecular formula is C28H22Cl3F3N4O2. The molecule has 0 saturated carbocycles. The minimum absolute atomic E-state index is 0.205. The maximum absolute atomic E-state index is 13.4. The first-order valence-corrected chi connectivity index (χ1v) is 13.4. The van der Waals surface area contributed by atoms with Crippen LogP contribution >= 0.6 is 34.8 Å². The van der Waals surface area contributed by atoms with Gasteiger partial charge in [0.1, 0.15) is 10.9 Å². The quantitative estimate of drug-likeness (QED) is 0.227. The number of aromatic nitrogens is 2. The van der Waals surface area contributed by atoms with Crippen LogP contribution in [0.1, 0.15) is 22.4 Å². The lowest BCUT2D eigenvalue weighted by Gasteiger charge is -2.27. The van der Waals surface area contributed by atoms with Gasteiger partial charge in [0.15, 0.2) is 0 Å². The van der Waals surface area contributed by atoms with Gasteiger partial charge in [-0.1, -0.05) is 53.0 Å². The molecule has 0 atom stereocenters. The van der Waals surface area contributed by atoms with Gasteiger partial charge in [0.05, 0.1) is 15.6 Å². The van der Waals surface area contributed by atoms with E-state index >= 15 is 0 Å². The number of amides is 1. The maximum atomic E-state index is 13.4. The van der Waals surface area contributed by atoms with Crippen molar-refractivity contribution in [1.29, 1.82) is 0 Å². The molecule has 3 heterocycles. The molecule has 0 aliphatic carbocycles. The minimum atomic E-state index is -4.83. The average Bonchev–Trinajstić information content (AvgIpc) is 3.21. The molecule has 1 aliphatic rings. The van der Waals surface area contributed by atoms with Crippen molar-refractivity contribution in [2.24, 2.45) is 0 Å². The average molecular weight is 610 g/mol. The Morgan fingerprint density at radius 1 is 1.07 bits per heavy atom. The summed E-state index contributed by atoms with van der Waals surface area (Å²) in [4.78, 5) is 19.5. The van der Waals surface area contributed by atoms with Gasteiger partial charge >= 0.3 is 12.4 Å². The molecular weight excluding hydrogens is 588 g/mol. The summed E-state index contributed by atoms with van der Waals surface area (Å²) >= 11 is 18.0. The van der Waals surface area contributed by atoms with E-state index in [9.17, 15) is 18.0 Å². The molecule has 12 heteroatoms. The normalized spacial score (nSPS) is 14.1. The number of halogens is 6. The molecule has 1 amide bonds. The first-order valence-electron chi connectivity index (χ1n) is 12.2. The van der Waals surface area contributed by atoms with Crippen LogP contribution in [0.25, 0.3) is 17.0 Å². The van der Waals surface area contributed by atoms with Gasteiger partial charge in [-0.25, -0.2) is 9.78 Å². The summed E-state index contributed by atoms with van der Waals surface area (Å²) in [5.74, 6) is -0.344. The van der Waals surface area contributed by atoms with Gasteiger partial charge in [0.25, 0.3) is 0 Å². The highest BCUT2D eigenvalue weighted by atomic mass is 35.5. The number of ether oxygens (including phenoxy) is 1. The van der Waals surface area contributed by atoms with E-state index in [1.807, 2.05) is 18.2 Å². The molecule has 1 aliphatic heterocycles. The Kier molecular flexibility index (Phi) is 8.28. The summed E-state index contributed by atoms with van der Waals surface area (Å²) in [6.07, 6.45) is 1.14. The minimum Gasteiger partial charge on any atom is -0.406 e. The van der Waals surface area contributed by atoms with Gasteiger partial charge in [-0.15, -0.1) is 13.2 Å². The van der Waals surface area contributed by atoms with Crippen molar-refractivity contribution in [3.63, 3.8) is 0 Å². The molecule has 0 bridgehead atoms. The predicted octanol–water partition coefficient (Wildman–Crippen LogP) is 7.72. The van der Waals surface area contributed by atoms with E-state index in [0.29, 0.717) is 52.2 Å². The van der Waals surface area contributed by atoms with E-state index in [2.05, 4.69) is 19.9 Å². The number of hydrogen-bond acceptors (Lipinski definition) is 4. The second-order valence-corrected chi connectivity index (χ2v) is 10.4. The maximum Gasteiger partial charge on any atom is 0.573 e. The molecule has 2 aromatic heterocycles. The first kappa shape index (κ1) is 28.3. The van der Waals surface area contributed by atoms with Crippen LogP contribution in [0.3, 0.4) is 0 Å². The van der Waals surface area contributed by atoms with E-state index in [1.165, 1.54) is 22.8 Å². The number of rotatable bonds is 6. The zero-order valence-corrected chi connectivity index (χ0v) is 23.1. The van der Waals surface area contributed by atoms with Crippen molar-refractivity contribution in [3.05, 3.63) is 98.4 Å². The number of nitrogens with zero attached hydrogens (tertiary/aromatic N) is 3. The molecule has 0 unspecified atom stereocenters. The highest BCUT2D eigenvalue weighted by Crippen LogP contribution is 2.35. The van der Waals surface area contributed by atoms with Gasteiger partial charge in [0.2, 0.25) is 0 Å². The van der Waals surface area contributed by atoms with Crippen molar-refractivity contribution >= 4 is 57.8 Å². The van der Waals surface area contributed by atoms with E-state index in [-0.39, 0.29) is 12.3 Å². The van der Waals surface area contributed by atoms with E-state index < -0.39 is 12.4 Å². The van der Waals surface area contributed by atoms with Crippen molar-refractivity contribution in [2.75, 3.05) is 13.1 Å². The Balaban J connectivity index is 1.42. The highest BCUT2D eigenvalue weighted by Gasteiger charge is 2.32. The number of carbonyl (C=O) groups is 1. The largest absolute Gasteiger partial charge is 0.573 e. The summed E-state index contributed by atoms with van der Waals surface area (Å²) < 4.78 is 44.6. The van der Waals surface area contributed by atoms with Gasteiger partial charge < -0.3 is 10.1 Å². The molecule has 4 aromatic rings. The molecule has 0 spiro atoms. The molecule has 0 radical (unpaired) electrons. The van der Waals surface area contributed by atoms with E-state index in [4.69, 9.17) is 34.8 Å². The Labute approximate surface area is 242 Å². The zero-order valence-electron chi connectivity index (χ0n) is 20.8. The summed E-state index contributed by atoms with van der Waals surface area (Å²) in [5.41, 5.74) is 3.68. The van der Waals surface area contributed by atoms with Gasteiger partial charge in [-0.3, -0.25) is 9.47 Å². The fourth-order valence-electron chi connectivity index (χ4n) is 4.74. The SMILES string of the molecule is O=C(NCc1ccnc(Cl)c1)n1c2c(c3cc(OC(F)(F)F)ccc31)CN(CC=Cc1ccc(Cl)c(Cl)c1)CC2. The number of nitrogens with one attached hydrogen (secondary N) is 1. The summed E-state index contributed by atoms with van der Waals surface area (Å²) in [6, 6.07) is 12.4. The van der Waals surface area contributed by atoms with Crippen LogP contribution in [0.4, 0.5) is 18.0 Å². The second kappa shape index (κ2) is 11.7. The van der Waals surface area contributed by atoms with Crippen molar-refractivity contribution < 1.29 is 22.7 Å². The molecule has 2 aromatic carbocycles. The van der Waals surface area contributed by atoms with Gasteiger partial charge in [0, 0.05) is 49.9 Å². The van der Waals surface area contributed by atoms with Crippen LogP contribution in [0.2, 0.25) is 15.2 Å². The van der Waals surface area contributed by atoms with Crippen LogP contribution in [0.15, 0.2) is 60.8 Å². The molecule has 5 rings (SSSR count). The van der Waals surface area contributed by atoms with Crippen molar-refractivity contribution in [1.82, 2.24) is 19.8 Å². The van der Waals surface area contributed by atoms with Gasteiger partial charge in [-0.2, -0.15) is 0 Å². The van der Waals surface area contributed by atoms with Crippen molar-refractivity contribution in [2.45, 2.75) is 25.9 Å². The number of benzene rings is 2. The number of fused-ring (bicyclic) bond motifs is 3. The number of pyridine rings is 1. The number of alkyl halides is 3. The Morgan fingerprint density at radius 2 is 1.90 bits per heavy atom. The van der Waals surface area contributed by atoms with Crippen LogP contribution in [0, 0.1) is 0 Å². The third-order valence-electron chi connectivity index (χ3n) is 6.49. The number of hydrogen-bond donors (Lipinski definition) is 1. The molecule has 6 nitrogen and oxygen atoms in total. The summed E-state index contributed by atoms with van der Waals surface area (Å²) in [7, 11) is 0. The second-order valence-electron chi connectivity index (χ2n) is 9.19. The lowest BCUT2D eigenvalue weighted by atomic mass is 10.0. The third-order valence-corrected chi connectivity index (χ3v) is 7.43. The van der Waals surface area contributed by atoms with Crippen molar-refractivity contribution in [3.8, 4) is 5.75 Å². The Morgan fingerprint density at radius 3 is 2.65 bits per heavy atom. The monoisotopic (exact) mass is 608 g/mol. The topological polar surface area (TPSA) is 59.4 Å². The highest BCUT2D eigenvalue weighted by molar-refractivity contribution is 6.42. The first-order chi connectivity index (χ1) is 19.1. The van der Waals surface area contributed by atoms with Crippen LogP contribution in [-0.2, 0) is 19.5 Å². The lowest BCUT2D eigenvalue weighted by molar-refractivity contribution is -0.274. The smallest absolute Gasteiger partial charge is 0.406 e. The molecule has 208 valence electrons. The van der Waals surface area contributed by atoms with E-state index in [0.717, 1.165) is 22.4 Å². The molecule has 0 saturated heterocycles. The third kappa shape index (κ3) is 6.55. The fraction of sp³-hybridized carbons (Fsp3) is 0.214. The zero-order chi connectivity index (χ0) is 28.4. The standard InChI is InChI=1S/C28H22Cl3F3N4O2/c29-22-5-3-17(12-23(22)30)2-1-10-37-11-8-25-21(16-37)20-14-19(40-28(32,33)34)4-6-24(20)38(25)27(39)36-15-18-7-9-35-26(31)13-18/h1-7,9,12-14H,8,10-11,15-16H2,(H,36,39).